The number of aromatic nitrogens is 2. The molecule has 0 aliphatic rings. The van der Waals surface area contributed by atoms with Gasteiger partial charge in [0.15, 0.2) is 0 Å². The molecule has 0 radical (unpaired) electrons. The second-order valence-electron chi connectivity index (χ2n) is 8.23. The van der Waals surface area contributed by atoms with Gasteiger partial charge in [-0.3, -0.25) is 25.0 Å². The molecule has 2 N–H and O–H groups in total. The second kappa shape index (κ2) is 13.6. The first-order valence-corrected chi connectivity index (χ1v) is 12.8. The van der Waals surface area contributed by atoms with E-state index in [0.29, 0.717) is 32.8 Å². The Balaban J connectivity index is 1.23. The van der Waals surface area contributed by atoms with Crippen LogP contribution in [0.1, 0.15) is 26.5 Å². The molecule has 3 aromatic carbocycles. The number of anilines is 1. The summed E-state index contributed by atoms with van der Waals surface area (Å²) in [5.41, 5.74) is 4.44. The Morgan fingerprint density at radius 1 is 1.00 bits per heavy atom. The van der Waals surface area contributed by atoms with Crippen LogP contribution in [0.2, 0.25) is 0 Å². The van der Waals surface area contributed by atoms with Gasteiger partial charge in [0.2, 0.25) is 11.0 Å². The highest BCUT2D eigenvalue weighted by Crippen LogP contribution is 2.19. The highest BCUT2D eigenvalue weighted by atomic mass is 32.1. The van der Waals surface area contributed by atoms with Gasteiger partial charge in [0, 0.05) is 23.3 Å². The summed E-state index contributed by atoms with van der Waals surface area (Å²) in [6.07, 6.45) is 1.39. The number of para-hydroxylation sites is 1. The summed E-state index contributed by atoms with van der Waals surface area (Å²) < 4.78 is 11.3. The Bertz CT molecular complexity index is 1520. The van der Waals surface area contributed by atoms with Gasteiger partial charge in [-0.25, -0.2) is 5.43 Å². The van der Waals surface area contributed by atoms with E-state index >= 15 is 0 Å². The zero-order chi connectivity index (χ0) is 28.3. The Kier molecular flexibility index (Phi) is 9.45. The van der Waals surface area contributed by atoms with Crippen molar-refractivity contribution in [2.45, 2.75) is 13.3 Å². The number of nitro benzene ring substituents is 1. The van der Waals surface area contributed by atoms with Crippen LogP contribution in [-0.4, -0.2) is 46.4 Å². The molecule has 0 aliphatic carbocycles. The standard InChI is InChI=1S/C27H24N6O6S/c1-18-6-2-4-8-22(18)26(35)29-27-32-31-25(40-27)16-24(34)30-28-17-19-7-3-5-9-23(19)39-15-14-38-21-12-10-20(11-13-21)33(36)37/h2-13,17H,14-16H2,1H3,(H,30,34)(H,29,32,35). The van der Waals surface area contributed by atoms with E-state index in [2.05, 4.69) is 26.0 Å². The number of ether oxygens (including phenoxy) is 2. The van der Waals surface area contributed by atoms with Gasteiger partial charge in [0.05, 0.1) is 17.6 Å². The van der Waals surface area contributed by atoms with Gasteiger partial charge in [-0.15, -0.1) is 10.2 Å². The summed E-state index contributed by atoms with van der Waals surface area (Å²) in [4.78, 5) is 35.0. The highest BCUT2D eigenvalue weighted by Gasteiger charge is 2.14. The molecule has 0 unspecified atom stereocenters. The minimum Gasteiger partial charge on any atom is -0.490 e. The maximum atomic E-state index is 12.4. The minimum atomic E-state index is -0.477. The van der Waals surface area contributed by atoms with Crippen molar-refractivity contribution >= 4 is 40.2 Å². The number of aryl methyl sites for hydroxylation is 1. The van der Waals surface area contributed by atoms with E-state index in [-0.39, 0.29) is 31.2 Å². The van der Waals surface area contributed by atoms with Crippen molar-refractivity contribution in [2.24, 2.45) is 5.10 Å². The van der Waals surface area contributed by atoms with Crippen LogP contribution < -0.4 is 20.2 Å². The largest absolute Gasteiger partial charge is 0.490 e. The van der Waals surface area contributed by atoms with Gasteiger partial charge in [0.1, 0.15) is 29.7 Å². The molecule has 0 bridgehead atoms. The molecule has 12 nitrogen and oxygen atoms in total. The number of rotatable bonds is 12. The number of hydrazone groups is 1. The zero-order valence-electron chi connectivity index (χ0n) is 21.3. The van der Waals surface area contributed by atoms with E-state index < -0.39 is 10.8 Å². The first-order valence-electron chi connectivity index (χ1n) is 12.0. The lowest BCUT2D eigenvalue weighted by Gasteiger charge is -2.10. The predicted molar refractivity (Wildman–Crippen MR) is 149 cm³/mol. The van der Waals surface area contributed by atoms with Gasteiger partial charge in [-0.2, -0.15) is 5.10 Å². The number of nitro groups is 1. The number of non-ortho nitro benzene ring substituents is 1. The molecule has 0 fully saturated rings. The van der Waals surface area contributed by atoms with Crippen molar-refractivity contribution < 1.29 is 24.0 Å². The Morgan fingerprint density at radius 2 is 1.73 bits per heavy atom. The van der Waals surface area contributed by atoms with Crippen molar-refractivity contribution in [2.75, 3.05) is 18.5 Å². The van der Waals surface area contributed by atoms with Crippen LogP contribution in [0, 0.1) is 17.0 Å². The predicted octanol–water partition coefficient (Wildman–Crippen LogP) is 4.16. The second-order valence-corrected chi connectivity index (χ2v) is 9.29. The molecule has 0 saturated carbocycles. The number of hydrogen-bond acceptors (Lipinski definition) is 10. The summed E-state index contributed by atoms with van der Waals surface area (Å²) in [7, 11) is 0. The Morgan fingerprint density at radius 3 is 2.50 bits per heavy atom. The van der Waals surface area contributed by atoms with Gasteiger partial charge in [0.25, 0.3) is 11.6 Å². The number of carbonyl (C=O) groups is 2. The maximum Gasteiger partial charge on any atom is 0.269 e. The van der Waals surface area contributed by atoms with E-state index in [0.717, 1.165) is 16.9 Å². The average Bonchev–Trinajstić information content (AvgIpc) is 3.38. The number of amides is 2. The van der Waals surface area contributed by atoms with Crippen molar-refractivity contribution in [1.29, 1.82) is 0 Å². The summed E-state index contributed by atoms with van der Waals surface area (Å²) >= 11 is 1.11. The molecule has 0 aliphatic heterocycles. The summed E-state index contributed by atoms with van der Waals surface area (Å²) in [5.74, 6) is 0.321. The Hall–Kier alpha value is -5.17. The fraction of sp³-hybridized carbons (Fsp3) is 0.148. The molecule has 204 valence electrons. The SMILES string of the molecule is Cc1ccccc1C(=O)Nc1nnc(CC(=O)NN=Cc2ccccc2OCCOc2ccc([N+](=O)[O-])cc2)s1. The molecular weight excluding hydrogens is 536 g/mol. The summed E-state index contributed by atoms with van der Waals surface area (Å²) in [6.45, 7) is 2.28. The lowest BCUT2D eigenvalue weighted by atomic mass is 10.1. The third-order valence-electron chi connectivity index (χ3n) is 5.36. The number of hydrogen-bond donors (Lipinski definition) is 2. The van der Waals surface area contributed by atoms with Crippen LogP contribution in [0.25, 0.3) is 0 Å². The number of carbonyl (C=O) groups excluding carboxylic acids is 2. The monoisotopic (exact) mass is 560 g/mol. The van der Waals surface area contributed by atoms with Crippen LogP contribution >= 0.6 is 11.3 Å². The van der Waals surface area contributed by atoms with Gasteiger partial charge < -0.3 is 9.47 Å². The summed E-state index contributed by atoms with van der Waals surface area (Å²) in [6, 6.07) is 20.1. The Labute approximate surface area is 232 Å². The minimum absolute atomic E-state index is 0.0145. The van der Waals surface area contributed by atoms with Crippen molar-refractivity contribution in [3.05, 3.63) is 105 Å². The average molecular weight is 561 g/mol. The van der Waals surface area contributed by atoms with Crippen LogP contribution in [-0.2, 0) is 11.2 Å². The van der Waals surface area contributed by atoms with Crippen LogP contribution in [0.3, 0.4) is 0 Å². The third-order valence-corrected chi connectivity index (χ3v) is 6.20. The van der Waals surface area contributed by atoms with Crippen molar-refractivity contribution in [1.82, 2.24) is 15.6 Å². The molecule has 40 heavy (non-hydrogen) atoms. The first-order chi connectivity index (χ1) is 19.4. The van der Waals surface area contributed by atoms with E-state index in [9.17, 15) is 19.7 Å². The van der Waals surface area contributed by atoms with Crippen LogP contribution in [0.5, 0.6) is 11.5 Å². The molecule has 2 amide bonds. The molecule has 1 heterocycles. The molecule has 4 rings (SSSR count). The third kappa shape index (κ3) is 7.91. The number of nitrogens with one attached hydrogen (secondary N) is 2. The van der Waals surface area contributed by atoms with E-state index in [1.165, 1.54) is 30.5 Å². The highest BCUT2D eigenvalue weighted by molar-refractivity contribution is 7.15. The van der Waals surface area contributed by atoms with Crippen molar-refractivity contribution in [3.8, 4) is 11.5 Å². The molecule has 4 aromatic rings. The fourth-order valence-electron chi connectivity index (χ4n) is 3.41. The number of nitrogens with zero attached hydrogens (tertiary/aromatic N) is 4. The lowest BCUT2D eigenvalue weighted by Crippen LogP contribution is -2.19. The topological polar surface area (TPSA) is 158 Å². The van der Waals surface area contributed by atoms with Gasteiger partial charge >= 0.3 is 0 Å². The quantitative estimate of drug-likeness (QED) is 0.113. The van der Waals surface area contributed by atoms with E-state index in [4.69, 9.17) is 9.47 Å². The lowest BCUT2D eigenvalue weighted by molar-refractivity contribution is -0.384. The normalized spacial score (nSPS) is 10.7. The molecule has 0 atom stereocenters. The number of benzene rings is 3. The van der Waals surface area contributed by atoms with Crippen LogP contribution in [0.15, 0.2) is 77.9 Å². The van der Waals surface area contributed by atoms with Gasteiger partial charge in [-0.1, -0.05) is 41.7 Å². The fourth-order valence-corrected chi connectivity index (χ4v) is 4.15. The zero-order valence-corrected chi connectivity index (χ0v) is 22.1. The van der Waals surface area contributed by atoms with E-state index in [1.807, 2.05) is 19.1 Å². The molecular formula is C27H24N6O6S. The first kappa shape index (κ1) is 27.9. The molecule has 0 spiro atoms. The molecule has 1 aromatic heterocycles. The molecule has 13 heteroatoms. The molecule has 0 saturated heterocycles. The van der Waals surface area contributed by atoms with Crippen LogP contribution in [0.4, 0.5) is 10.8 Å². The summed E-state index contributed by atoms with van der Waals surface area (Å²) in [5, 5.41) is 26.0. The van der Waals surface area contributed by atoms with E-state index in [1.54, 1.807) is 36.4 Å². The van der Waals surface area contributed by atoms with Gasteiger partial charge in [-0.05, 0) is 42.8 Å². The maximum absolute atomic E-state index is 12.4. The smallest absolute Gasteiger partial charge is 0.269 e. The van der Waals surface area contributed by atoms with Crippen molar-refractivity contribution in [3.63, 3.8) is 0 Å².